The second kappa shape index (κ2) is 38.3. The molecule has 8 aromatic heterocycles. The molecule has 0 radical (unpaired) electrons. The van der Waals surface area contributed by atoms with Crippen molar-refractivity contribution >= 4 is 69.6 Å². The van der Waals surface area contributed by atoms with Gasteiger partial charge in [-0.15, -0.1) is 0 Å². The summed E-state index contributed by atoms with van der Waals surface area (Å²) in [5.74, 6) is 0.0679. The number of hydrogen-bond acceptors (Lipinski definition) is 18. The molecule has 26 nitrogen and oxygen atoms in total. The van der Waals surface area contributed by atoms with Gasteiger partial charge in [-0.1, -0.05) is 210 Å². The van der Waals surface area contributed by atoms with Crippen molar-refractivity contribution in [2.45, 2.75) is 236 Å². The van der Waals surface area contributed by atoms with Crippen molar-refractivity contribution in [1.82, 2.24) is 34.7 Å². The molecule has 0 aliphatic carbocycles. The lowest BCUT2D eigenvalue weighted by molar-refractivity contribution is 0.0506. The van der Waals surface area contributed by atoms with Crippen molar-refractivity contribution in [3.05, 3.63) is 353 Å². The van der Waals surface area contributed by atoms with E-state index in [9.17, 15) is 28.8 Å². The van der Waals surface area contributed by atoms with Crippen LogP contribution in [-0.4, -0.2) is 110 Å². The molecule has 0 N–H and O–H groups in total. The Labute approximate surface area is 858 Å². The number of hydrogen-bond donors (Lipinski definition) is 0. The van der Waals surface area contributed by atoms with E-state index in [1.165, 1.54) is 0 Å². The van der Waals surface area contributed by atoms with E-state index in [4.69, 9.17) is 56.0 Å². The molecule has 0 fully saturated rings. The fraction of sp³-hybridized carbons (Fsp3) is 0.362. The van der Waals surface area contributed by atoms with Crippen LogP contribution in [0.2, 0.25) is 0 Å². The third-order valence-corrected chi connectivity index (χ3v) is 36.4. The molecule has 4 atom stereocenters. The summed E-state index contributed by atoms with van der Waals surface area (Å²) in [5.41, 5.74) is 18.2. The number of aryl methyl sites for hydroxylation is 2. The molecule has 0 spiro atoms. The van der Waals surface area contributed by atoms with Gasteiger partial charge >= 0.3 is 69.6 Å². The number of carbonyl (C=O) groups excluding carboxylic acids is 6. The molecule has 30 heteroatoms. The molecule has 14 heterocycles. The maximum absolute atomic E-state index is 14.2. The Morgan fingerprint density at radius 2 is 0.479 bits per heavy atom. The Morgan fingerprint density at radius 1 is 0.281 bits per heavy atom. The maximum atomic E-state index is 14.2. The second-order valence-electron chi connectivity index (χ2n) is 42.8. The van der Waals surface area contributed by atoms with Crippen molar-refractivity contribution in [2.24, 2.45) is 0 Å². The predicted octanol–water partition coefficient (Wildman–Crippen LogP) is 28.2. The zero-order chi connectivity index (χ0) is 104. The number of fused-ring (bicyclic) bond motifs is 12. The number of nitrogens with zero attached hydrogens (tertiary/aromatic N) is 8. The lowest BCUT2D eigenvalue weighted by Gasteiger charge is -2.40. The maximum Gasteiger partial charge on any atom is 0.355 e. The van der Waals surface area contributed by atoms with Gasteiger partial charge in [0.25, 0.3) is 0 Å². The van der Waals surface area contributed by atoms with E-state index < -0.39 is 86.4 Å². The fourth-order valence-corrected chi connectivity index (χ4v) is 29.1. The number of aromatic nitrogens is 8. The van der Waals surface area contributed by atoms with Crippen molar-refractivity contribution in [1.29, 1.82) is 0 Å². The Balaban J connectivity index is 0.000000186. The minimum absolute atomic E-state index is 0.0251. The average molecular weight is 2050 g/mol. The van der Waals surface area contributed by atoms with Gasteiger partial charge in [-0.25, -0.2) is 28.8 Å². The zero-order valence-electron chi connectivity index (χ0n) is 87.9. The van der Waals surface area contributed by atoms with Crippen molar-refractivity contribution < 1.29 is 84.8 Å². The first-order valence-electron chi connectivity index (χ1n) is 50.2. The van der Waals surface area contributed by atoms with Gasteiger partial charge in [-0.3, -0.25) is 34.7 Å². The Hall–Kier alpha value is -13.1. The van der Waals surface area contributed by atoms with Crippen LogP contribution in [0.5, 0.6) is 46.0 Å². The van der Waals surface area contributed by atoms with E-state index in [-0.39, 0.29) is 90.4 Å². The molecule has 20 rings (SSSR count). The molecule has 6 aliphatic heterocycles. The number of rotatable bonds is 22. The van der Waals surface area contributed by atoms with Gasteiger partial charge in [0.2, 0.25) is 0 Å². The summed E-state index contributed by atoms with van der Waals surface area (Å²) in [6, 6.07) is 68.5. The summed E-state index contributed by atoms with van der Waals surface area (Å²) in [7, 11) is -7.88. The SMILES string of the molecule is CCOC(=O)c1ccc2n1P(Oc1cc(C(C)(C)C)cc3c1Oc1c(OP4n5c(C(=O)OCC)ccc5C(C)c5ccc(C(=O)OCC)n54)cc(C(C)(C)C)cc1C3(C)C)n1c(C)ccc1C2C.CCOC(=O)c1ccc2n1P(Oc1cc(C(C)(C)C)cc3c1Oc1c(OP4n5c(C(=O)OCC)ccc5C(c5ccccc5)c5ccc(C(=O)OCC)n54)cc(C(C)(C)C)cc1C3(C)C)n1c(C)ccc1C2c1ccccc1. The molecular formula is C116H128N8O18P4. The number of benzene rings is 6. The Morgan fingerprint density at radius 3 is 0.719 bits per heavy atom. The van der Waals surface area contributed by atoms with Crippen LogP contribution < -0.4 is 27.6 Å². The second-order valence-corrected chi connectivity index (χ2v) is 48.8. The van der Waals surface area contributed by atoms with Gasteiger partial charge in [-0.05, 0) is 232 Å². The molecular weight excluding hydrogens is 1920 g/mol. The minimum Gasteiger partial charge on any atom is -0.461 e. The van der Waals surface area contributed by atoms with Crippen molar-refractivity contribution in [2.75, 3.05) is 39.6 Å². The normalized spacial score (nSPS) is 18.2. The molecule has 0 saturated carbocycles. The first kappa shape index (κ1) is 102. The van der Waals surface area contributed by atoms with E-state index in [0.29, 0.717) is 68.8 Å². The summed E-state index contributed by atoms with van der Waals surface area (Å²) in [6.07, 6.45) is 0. The number of ether oxygens (including phenoxy) is 8. The van der Waals surface area contributed by atoms with E-state index >= 15 is 0 Å². The molecule has 0 bridgehead atoms. The van der Waals surface area contributed by atoms with E-state index in [2.05, 4.69) is 213 Å². The van der Waals surface area contributed by atoms with Gasteiger partial charge in [-0.2, -0.15) is 0 Å². The monoisotopic (exact) mass is 2040 g/mol. The average Bonchev–Trinajstić information content (AvgIpc) is 0.865. The van der Waals surface area contributed by atoms with Crippen LogP contribution in [0.25, 0.3) is 0 Å². The number of esters is 6. The lowest BCUT2D eigenvalue weighted by atomic mass is 9.72. The third-order valence-electron chi connectivity index (χ3n) is 28.5. The molecule has 0 amide bonds. The highest BCUT2D eigenvalue weighted by molar-refractivity contribution is 7.51. The summed E-state index contributed by atoms with van der Waals surface area (Å²) in [5, 5.41) is 0. The van der Waals surface area contributed by atoms with Crippen molar-refractivity contribution in [3.8, 4) is 46.0 Å². The van der Waals surface area contributed by atoms with Crippen LogP contribution in [0.1, 0.15) is 365 Å². The van der Waals surface area contributed by atoms with Gasteiger partial charge < -0.3 is 56.0 Å². The van der Waals surface area contributed by atoms with E-state index in [1.54, 1.807) is 58.9 Å². The molecule has 6 aliphatic rings. The molecule has 0 saturated heterocycles. The van der Waals surface area contributed by atoms with Gasteiger partial charge in [0, 0.05) is 102 Å². The van der Waals surface area contributed by atoms with Crippen LogP contribution in [0, 0.1) is 13.8 Å². The quantitative estimate of drug-likeness (QED) is 0.0347. The summed E-state index contributed by atoms with van der Waals surface area (Å²) in [6.45, 7) is 55.1. The van der Waals surface area contributed by atoms with Gasteiger partial charge in [0.15, 0.2) is 46.0 Å². The van der Waals surface area contributed by atoms with E-state index in [1.807, 2.05) is 149 Å². The smallest absolute Gasteiger partial charge is 0.355 e. The van der Waals surface area contributed by atoms with Crippen LogP contribution in [0.4, 0.5) is 0 Å². The summed E-state index contributed by atoms with van der Waals surface area (Å²) >= 11 is 0. The molecule has 146 heavy (non-hydrogen) atoms. The predicted molar refractivity (Wildman–Crippen MR) is 569 cm³/mol. The topological polar surface area (TPSA) is 253 Å². The van der Waals surface area contributed by atoms with Crippen LogP contribution in [0.3, 0.4) is 0 Å². The molecule has 14 aromatic rings. The summed E-state index contributed by atoms with van der Waals surface area (Å²) < 4.78 is 95.1. The standard InChI is InChI=1S/C63H66N4O9P2.C53H62N4O9P2/c1-13-71-58(68)49-31-28-46-54(39-22-18-16-19-23-39)45-27-26-38(4)64(45)77(65(46)49)75-52-36-41(61(5,6)7)34-43-56(52)74-57-44(63(43,11)12)35-42(62(8,9)10)37-53(57)76-78-66-47(29-32-50(66)59(69)72-14-2)55(40-24-20-17-21-25-40)48-30-33-51(67(48)78)60(70)73-15-3;1-15-61-48(58)41-23-20-38-31(5)37-19-18-30(4)54(37)67(55(38)41)65-44-28-33(51(7,8)9)26-35-46(44)64-47-36(53(35,13)14)27-34(52(10,11)12)29-45(47)66-68-56-39(21-24-42(56)49(59)62-16-2)32(6)40-22-25-43(57(40)68)50(60)63-17-3/h16-37,54-55H,13-15H2,1-12H3;18-29,31-32H,15-17H2,1-14H3. The molecule has 6 aromatic carbocycles. The first-order chi connectivity index (χ1) is 69.4. The van der Waals surface area contributed by atoms with Crippen LogP contribution in [-0.2, 0) is 60.9 Å². The highest BCUT2D eigenvalue weighted by atomic mass is 31.2. The van der Waals surface area contributed by atoms with E-state index in [0.717, 1.165) is 113 Å². The highest BCUT2D eigenvalue weighted by Crippen LogP contribution is 2.67. The van der Waals surface area contributed by atoms with Crippen LogP contribution in [0.15, 0.2) is 206 Å². The Kier molecular flexibility index (Phi) is 26.6. The summed E-state index contributed by atoms with van der Waals surface area (Å²) in [4.78, 5) is 83.8. The van der Waals surface area contributed by atoms with Gasteiger partial charge in [0.1, 0.15) is 34.2 Å². The largest absolute Gasteiger partial charge is 0.461 e. The fourth-order valence-electron chi connectivity index (χ4n) is 20.5. The van der Waals surface area contributed by atoms with Gasteiger partial charge in [0.05, 0.1) is 51.5 Å². The van der Waals surface area contributed by atoms with Crippen molar-refractivity contribution in [3.63, 3.8) is 0 Å². The minimum atomic E-state index is -2.17. The molecule has 760 valence electrons. The molecule has 4 unspecified atom stereocenters. The Bertz CT molecular complexity index is 7400. The van der Waals surface area contributed by atoms with Crippen LogP contribution >= 0.6 is 33.8 Å². The zero-order valence-corrected chi connectivity index (χ0v) is 91.5. The third kappa shape index (κ3) is 17.3. The lowest BCUT2D eigenvalue weighted by Crippen LogP contribution is -2.29. The number of carbonyl (C=O) groups is 6. The first-order valence-corrected chi connectivity index (χ1v) is 54.9. The highest BCUT2D eigenvalue weighted by Gasteiger charge is 2.51.